The molecule has 0 amide bonds. The highest BCUT2D eigenvalue weighted by Crippen LogP contribution is 2.15. The molecular weight excluding hydrogens is 222 g/mol. The van der Waals surface area contributed by atoms with Crippen molar-refractivity contribution in [1.82, 2.24) is 9.55 Å². The highest BCUT2D eigenvalue weighted by atomic mass is 16.5. The van der Waals surface area contributed by atoms with Crippen molar-refractivity contribution in [2.75, 3.05) is 6.61 Å². The lowest BCUT2D eigenvalue weighted by molar-refractivity contribution is 0.1000. The van der Waals surface area contributed by atoms with Gasteiger partial charge >= 0.3 is 5.69 Å². The van der Waals surface area contributed by atoms with Gasteiger partial charge in [-0.15, -0.1) is 0 Å². The van der Waals surface area contributed by atoms with E-state index in [0.29, 0.717) is 6.54 Å². The normalized spacial score (nSPS) is 19.1. The Kier molecular flexibility index (Phi) is 3.40. The topological polar surface area (TPSA) is 87.9 Å². The molecule has 6 nitrogen and oxygen atoms in total. The molecule has 1 fully saturated rings. The van der Waals surface area contributed by atoms with E-state index in [4.69, 9.17) is 10.00 Å². The number of aromatic amines is 1. The Morgan fingerprint density at radius 2 is 2.41 bits per heavy atom. The monoisotopic (exact) mass is 235 g/mol. The second-order valence-electron chi connectivity index (χ2n) is 4.03. The average Bonchev–Trinajstić information content (AvgIpc) is 2.81. The van der Waals surface area contributed by atoms with Crippen molar-refractivity contribution < 1.29 is 4.74 Å². The standard InChI is InChI=1S/C11H13N3O3/c12-6-8-7-14(11(16)13-10(8)15)4-3-9-2-1-5-17-9/h7,9H,1-5H2,(H,13,15,16). The summed E-state index contributed by atoms with van der Waals surface area (Å²) in [6.07, 6.45) is 4.25. The van der Waals surface area contributed by atoms with Gasteiger partial charge in [-0.2, -0.15) is 5.26 Å². The van der Waals surface area contributed by atoms with E-state index in [9.17, 15) is 9.59 Å². The average molecular weight is 235 g/mol. The first-order valence-electron chi connectivity index (χ1n) is 5.56. The number of aryl methyl sites for hydroxylation is 1. The van der Waals surface area contributed by atoms with Gasteiger partial charge in [-0.3, -0.25) is 14.3 Å². The molecule has 1 atom stereocenters. The van der Waals surface area contributed by atoms with Crippen LogP contribution in [-0.2, 0) is 11.3 Å². The predicted molar refractivity (Wildman–Crippen MR) is 59.6 cm³/mol. The van der Waals surface area contributed by atoms with Gasteiger partial charge in [0.2, 0.25) is 0 Å². The van der Waals surface area contributed by atoms with Crippen LogP contribution in [0.3, 0.4) is 0 Å². The number of H-pyrrole nitrogens is 1. The Morgan fingerprint density at radius 3 is 3.06 bits per heavy atom. The first kappa shape index (κ1) is 11.6. The SMILES string of the molecule is N#Cc1cn(CCC2CCCO2)c(=O)[nH]c1=O. The van der Waals surface area contributed by atoms with Crippen molar-refractivity contribution in [2.24, 2.45) is 0 Å². The fourth-order valence-electron chi connectivity index (χ4n) is 1.91. The lowest BCUT2D eigenvalue weighted by atomic mass is 10.2. The maximum Gasteiger partial charge on any atom is 0.328 e. The van der Waals surface area contributed by atoms with Crippen LogP contribution in [0.4, 0.5) is 0 Å². The van der Waals surface area contributed by atoms with Gasteiger partial charge in [-0.25, -0.2) is 4.79 Å². The Labute approximate surface area is 97.5 Å². The molecule has 1 aliphatic heterocycles. The first-order valence-corrected chi connectivity index (χ1v) is 5.56. The number of nitrogens with zero attached hydrogens (tertiary/aromatic N) is 2. The molecule has 2 heterocycles. The van der Waals surface area contributed by atoms with E-state index in [-0.39, 0.29) is 11.7 Å². The molecule has 1 N–H and O–H groups in total. The van der Waals surface area contributed by atoms with E-state index in [1.807, 2.05) is 0 Å². The van der Waals surface area contributed by atoms with E-state index in [0.717, 1.165) is 25.9 Å². The van der Waals surface area contributed by atoms with Crippen molar-refractivity contribution in [3.8, 4) is 6.07 Å². The number of nitrogens with one attached hydrogen (secondary N) is 1. The summed E-state index contributed by atoms with van der Waals surface area (Å²) >= 11 is 0. The van der Waals surface area contributed by atoms with Crippen LogP contribution < -0.4 is 11.2 Å². The zero-order valence-corrected chi connectivity index (χ0v) is 9.31. The van der Waals surface area contributed by atoms with Gasteiger partial charge in [0.1, 0.15) is 11.6 Å². The van der Waals surface area contributed by atoms with Gasteiger partial charge in [-0.05, 0) is 19.3 Å². The minimum absolute atomic E-state index is 0.0445. The number of nitriles is 1. The van der Waals surface area contributed by atoms with Gasteiger partial charge in [0.15, 0.2) is 0 Å². The highest BCUT2D eigenvalue weighted by Gasteiger charge is 2.15. The highest BCUT2D eigenvalue weighted by molar-refractivity contribution is 5.21. The minimum atomic E-state index is -0.633. The van der Waals surface area contributed by atoms with Crippen LogP contribution in [0.25, 0.3) is 0 Å². The Morgan fingerprint density at radius 1 is 1.59 bits per heavy atom. The maximum absolute atomic E-state index is 11.5. The second-order valence-corrected chi connectivity index (χ2v) is 4.03. The fourth-order valence-corrected chi connectivity index (χ4v) is 1.91. The van der Waals surface area contributed by atoms with Crippen LogP contribution in [0, 0.1) is 11.3 Å². The molecule has 0 radical (unpaired) electrons. The van der Waals surface area contributed by atoms with Gasteiger partial charge in [0.05, 0.1) is 6.10 Å². The molecular formula is C11H13N3O3. The molecule has 2 rings (SSSR count). The molecule has 0 aliphatic carbocycles. The number of aromatic nitrogens is 2. The molecule has 6 heteroatoms. The van der Waals surface area contributed by atoms with E-state index in [1.54, 1.807) is 6.07 Å². The third-order valence-corrected chi connectivity index (χ3v) is 2.85. The molecule has 0 saturated carbocycles. The summed E-state index contributed by atoms with van der Waals surface area (Å²) in [4.78, 5) is 24.8. The molecule has 90 valence electrons. The van der Waals surface area contributed by atoms with E-state index in [2.05, 4.69) is 4.98 Å². The minimum Gasteiger partial charge on any atom is -0.378 e. The van der Waals surface area contributed by atoms with Crippen molar-refractivity contribution in [2.45, 2.75) is 31.9 Å². The molecule has 1 saturated heterocycles. The Balaban J connectivity index is 2.12. The van der Waals surface area contributed by atoms with E-state index >= 15 is 0 Å². The number of hydrogen-bond donors (Lipinski definition) is 1. The summed E-state index contributed by atoms with van der Waals surface area (Å²) in [7, 11) is 0. The predicted octanol–water partition coefficient (Wildman–Crippen LogP) is -0.0226. The summed E-state index contributed by atoms with van der Waals surface area (Å²) in [5, 5.41) is 8.70. The van der Waals surface area contributed by atoms with Crippen LogP contribution in [0.15, 0.2) is 15.8 Å². The third kappa shape index (κ3) is 2.63. The number of hydrogen-bond acceptors (Lipinski definition) is 4. The zero-order valence-electron chi connectivity index (χ0n) is 9.31. The third-order valence-electron chi connectivity index (χ3n) is 2.85. The molecule has 0 aromatic carbocycles. The van der Waals surface area contributed by atoms with Gasteiger partial charge in [0, 0.05) is 19.3 Å². The van der Waals surface area contributed by atoms with Crippen LogP contribution in [0.2, 0.25) is 0 Å². The summed E-state index contributed by atoms with van der Waals surface area (Å²) < 4.78 is 6.79. The number of rotatable bonds is 3. The van der Waals surface area contributed by atoms with Crippen molar-refractivity contribution in [3.05, 3.63) is 32.6 Å². The molecule has 1 aromatic rings. The van der Waals surface area contributed by atoms with Crippen molar-refractivity contribution >= 4 is 0 Å². The summed E-state index contributed by atoms with van der Waals surface area (Å²) in [5.41, 5.74) is -1.16. The van der Waals surface area contributed by atoms with Crippen LogP contribution in [0.1, 0.15) is 24.8 Å². The fraction of sp³-hybridized carbons (Fsp3) is 0.545. The van der Waals surface area contributed by atoms with Gasteiger partial charge < -0.3 is 4.74 Å². The van der Waals surface area contributed by atoms with Gasteiger partial charge in [-0.1, -0.05) is 0 Å². The molecule has 17 heavy (non-hydrogen) atoms. The van der Waals surface area contributed by atoms with E-state index < -0.39 is 11.2 Å². The Bertz CT molecular complexity index is 546. The summed E-state index contributed by atoms with van der Waals surface area (Å²) in [5.74, 6) is 0. The molecule has 1 unspecified atom stereocenters. The van der Waals surface area contributed by atoms with E-state index in [1.165, 1.54) is 10.8 Å². The van der Waals surface area contributed by atoms with Crippen LogP contribution in [-0.4, -0.2) is 22.3 Å². The molecule has 0 bridgehead atoms. The lowest BCUT2D eigenvalue weighted by Crippen LogP contribution is -2.31. The maximum atomic E-state index is 11.5. The quantitative estimate of drug-likeness (QED) is 0.797. The molecule has 0 spiro atoms. The lowest BCUT2D eigenvalue weighted by Gasteiger charge is -2.10. The number of ether oxygens (including phenoxy) is 1. The van der Waals surface area contributed by atoms with Gasteiger partial charge in [0.25, 0.3) is 5.56 Å². The summed E-state index contributed by atoms with van der Waals surface area (Å²) in [6.45, 7) is 1.23. The smallest absolute Gasteiger partial charge is 0.328 e. The van der Waals surface area contributed by atoms with Crippen molar-refractivity contribution in [1.29, 1.82) is 5.26 Å². The zero-order chi connectivity index (χ0) is 12.3. The van der Waals surface area contributed by atoms with Crippen molar-refractivity contribution in [3.63, 3.8) is 0 Å². The molecule has 1 aliphatic rings. The van der Waals surface area contributed by atoms with Crippen LogP contribution >= 0.6 is 0 Å². The largest absolute Gasteiger partial charge is 0.378 e. The first-order chi connectivity index (χ1) is 8.20. The second kappa shape index (κ2) is 4.97. The summed E-state index contributed by atoms with van der Waals surface area (Å²) in [6, 6.07) is 1.76. The Hall–Kier alpha value is -1.87. The van der Waals surface area contributed by atoms with Crippen LogP contribution in [0.5, 0.6) is 0 Å². The molecule has 1 aromatic heterocycles.